The fourth-order valence-electron chi connectivity index (χ4n) is 1.50. The van der Waals surface area contributed by atoms with Crippen LogP contribution in [-0.2, 0) is 0 Å². The van der Waals surface area contributed by atoms with E-state index < -0.39 is 0 Å². The molecule has 1 heterocycles. The first-order chi connectivity index (χ1) is 6.20. The van der Waals surface area contributed by atoms with Crippen LogP contribution in [0.15, 0.2) is 24.4 Å². The molecular formula is C10H12N2O. The number of hydrogen-bond donors (Lipinski definition) is 3. The van der Waals surface area contributed by atoms with Crippen molar-refractivity contribution in [3.8, 4) is 5.75 Å². The molecule has 0 aliphatic rings. The van der Waals surface area contributed by atoms with Gasteiger partial charge in [0.1, 0.15) is 5.75 Å². The van der Waals surface area contributed by atoms with E-state index in [0.717, 1.165) is 16.5 Å². The molecule has 0 saturated carbocycles. The zero-order valence-corrected chi connectivity index (χ0v) is 7.41. The van der Waals surface area contributed by atoms with Gasteiger partial charge in [-0.1, -0.05) is 6.07 Å². The summed E-state index contributed by atoms with van der Waals surface area (Å²) in [6.45, 7) is 1.85. The van der Waals surface area contributed by atoms with E-state index in [4.69, 9.17) is 5.73 Å². The second-order valence-electron chi connectivity index (χ2n) is 3.23. The van der Waals surface area contributed by atoms with Gasteiger partial charge in [-0.15, -0.1) is 0 Å². The Hall–Kier alpha value is -1.48. The Kier molecular flexibility index (Phi) is 1.74. The van der Waals surface area contributed by atoms with E-state index in [-0.39, 0.29) is 11.8 Å². The van der Waals surface area contributed by atoms with E-state index >= 15 is 0 Å². The largest absolute Gasteiger partial charge is 0.507 e. The maximum Gasteiger partial charge on any atom is 0.129 e. The summed E-state index contributed by atoms with van der Waals surface area (Å²) in [5.41, 5.74) is 7.42. The van der Waals surface area contributed by atoms with Crippen molar-refractivity contribution in [3.63, 3.8) is 0 Å². The first-order valence-corrected chi connectivity index (χ1v) is 4.24. The van der Waals surface area contributed by atoms with Crippen LogP contribution in [0.3, 0.4) is 0 Å². The van der Waals surface area contributed by atoms with E-state index in [2.05, 4.69) is 4.98 Å². The normalized spacial score (nSPS) is 13.4. The molecule has 4 N–H and O–H groups in total. The molecule has 1 atom stereocenters. The summed E-state index contributed by atoms with van der Waals surface area (Å²) >= 11 is 0. The van der Waals surface area contributed by atoms with Gasteiger partial charge >= 0.3 is 0 Å². The summed E-state index contributed by atoms with van der Waals surface area (Å²) in [6, 6.07) is 5.47. The number of nitrogens with two attached hydrogens (primary N) is 1. The fourth-order valence-corrected chi connectivity index (χ4v) is 1.50. The van der Waals surface area contributed by atoms with E-state index in [9.17, 15) is 5.11 Å². The maximum absolute atomic E-state index is 9.81. The molecule has 13 heavy (non-hydrogen) atoms. The number of nitrogens with one attached hydrogen (secondary N) is 1. The van der Waals surface area contributed by atoms with Crippen molar-refractivity contribution in [2.24, 2.45) is 5.73 Å². The lowest BCUT2D eigenvalue weighted by Gasteiger charge is -2.08. The lowest BCUT2D eigenvalue weighted by molar-refractivity contribution is 0.470. The molecule has 0 spiro atoms. The number of rotatable bonds is 1. The number of fused-ring (bicyclic) bond motifs is 1. The van der Waals surface area contributed by atoms with Gasteiger partial charge in [-0.05, 0) is 19.1 Å². The average Bonchev–Trinajstić information content (AvgIpc) is 2.52. The highest BCUT2D eigenvalue weighted by Crippen LogP contribution is 2.30. The van der Waals surface area contributed by atoms with Crippen molar-refractivity contribution in [2.75, 3.05) is 0 Å². The number of phenolic OH excluding ortho intramolecular Hbond substituents is 1. The molecule has 0 radical (unpaired) electrons. The minimum absolute atomic E-state index is 0.140. The average molecular weight is 176 g/mol. The van der Waals surface area contributed by atoms with E-state index in [1.54, 1.807) is 6.20 Å². The predicted octanol–water partition coefficient (Wildman–Crippen LogP) is 1.89. The number of aromatic nitrogens is 1. The van der Waals surface area contributed by atoms with Gasteiger partial charge in [0, 0.05) is 28.7 Å². The van der Waals surface area contributed by atoms with Crippen molar-refractivity contribution >= 4 is 10.9 Å². The molecule has 0 saturated heterocycles. The third kappa shape index (κ3) is 1.17. The number of aromatic hydroxyl groups is 1. The van der Waals surface area contributed by atoms with E-state index in [1.165, 1.54) is 0 Å². The molecule has 0 aliphatic carbocycles. The summed E-state index contributed by atoms with van der Waals surface area (Å²) in [5, 5.41) is 10.6. The first kappa shape index (κ1) is 8.13. The summed E-state index contributed by atoms with van der Waals surface area (Å²) in [5.74, 6) is 0.286. The van der Waals surface area contributed by atoms with Crippen molar-refractivity contribution in [3.05, 3.63) is 30.0 Å². The molecule has 1 aromatic heterocycles. The molecule has 0 bridgehead atoms. The molecule has 68 valence electrons. The zero-order valence-electron chi connectivity index (χ0n) is 7.41. The SMILES string of the molecule is C[C@@H](N)c1ccc2[nH]ccc2c1O. The highest BCUT2D eigenvalue weighted by Gasteiger charge is 2.09. The molecule has 3 nitrogen and oxygen atoms in total. The fraction of sp³-hybridized carbons (Fsp3) is 0.200. The van der Waals surface area contributed by atoms with Gasteiger partial charge in [0.25, 0.3) is 0 Å². The Morgan fingerprint density at radius 3 is 2.85 bits per heavy atom. The topological polar surface area (TPSA) is 62.0 Å². The Morgan fingerprint density at radius 2 is 2.15 bits per heavy atom. The maximum atomic E-state index is 9.81. The first-order valence-electron chi connectivity index (χ1n) is 4.24. The van der Waals surface area contributed by atoms with Crippen molar-refractivity contribution in [1.82, 2.24) is 4.98 Å². The van der Waals surface area contributed by atoms with Crippen LogP contribution in [-0.4, -0.2) is 10.1 Å². The summed E-state index contributed by atoms with van der Waals surface area (Å²) in [4.78, 5) is 3.03. The van der Waals surface area contributed by atoms with Crippen LogP contribution >= 0.6 is 0 Å². The monoisotopic (exact) mass is 176 g/mol. The lowest BCUT2D eigenvalue weighted by Crippen LogP contribution is -2.04. The Balaban J connectivity index is 2.73. The number of benzene rings is 1. The van der Waals surface area contributed by atoms with Crippen LogP contribution in [0.4, 0.5) is 0 Å². The second kappa shape index (κ2) is 2.78. The Labute approximate surface area is 76.2 Å². The van der Waals surface area contributed by atoms with Crippen LogP contribution < -0.4 is 5.73 Å². The molecule has 0 unspecified atom stereocenters. The molecule has 3 heteroatoms. The van der Waals surface area contributed by atoms with Gasteiger partial charge in [-0.3, -0.25) is 0 Å². The molecule has 0 amide bonds. The van der Waals surface area contributed by atoms with Gasteiger partial charge in [-0.2, -0.15) is 0 Å². The van der Waals surface area contributed by atoms with Gasteiger partial charge in [-0.25, -0.2) is 0 Å². The van der Waals surface area contributed by atoms with Crippen molar-refractivity contribution in [1.29, 1.82) is 0 Å². The van der Waals surface area contributed by atoms with Gasteiger partial charge < -0.3 is 15.8 Å². The summed E-state index contributed by atoms with van der Waals surface area (Å²) in [7, 11) is 0. The molecule has 2 aromatic rings. The summed E-state index contributed by atoms with van der Waals surface area (Å²) in [6.07, 6.45) is 1.80. The van der Waals surface area contributed by atoms with Crippen LogP contribution in [0.2, 0.25) is 0 Å². The number of aromatic amines is 1. The van der Waals surface area contributed by atoms with Crippen LogP contribution in [0.25, 0.3) is 10.9 Å². The molecule has 0 fully saturated rings. The van der Waals surface area contributed by atoms with Crippen LogP contribution in [0.1, 0.15) is 18.5 Å². The quantitative estimate of drug-likeness (QED) is 0.621. The molecule has 0 aliphatic heterocycles. The van der Waals surface area contributed by atoms with Crippen LogP contribution in [0.5, 0.6) is 5.75 Å². The van der Waals surface area contributed by atoms with E-state index in [1.807, 2.05) is 25.1 Å². The molecular weight excluding hydrogens is 164 g/mol. The van der Waals surface area contributed by atoms with Gasteiger partial charge in [0.15, 0.2) is 0 Å². The number of phenols is 1. The number of hydrogen-bond acceptors (Lipinski definition) is 2. The third-order valence-electron chi connectivity index (χ3n) is 2.23. The smallest absolute Gasteiger partial charge is 0.129 e. The van der Waals surface area contributed by atoms with E-state index in [0.29, 0.717) is 0 Å². The van der Waals surface area contributed by atoms with Crippen molar-refractivity contribution in [2.45, 2.75) is 13.0 Å². The Morgan fingerprint density at radius 1 is 1.38 bits per heavy atom. The molecule has 1 aromatic carbocycles. The third-order valence-corrected chi connectivity index (χ3v) is 2.23. The highest BCUT2D eigenvalue weighted by molar-refractivity contribution is 5.86. The van der Waals surface area contributed by atoms with Gasteiger partial charge in [0.2, 0.25) is 0 Å². The van der Waals surface area contributed by atoms with Crippen molar-refractivity contribution < 1.29 is 5.11 Å². The molecule has 2 rings (SSSR count). The lowest BCUT2D eigenvalue weighted by atomic mass is 10.1. The zero-order chi connectivity index (χ0) is 9.42. The summed E-state index contributed by atoms with van der Waals surface area (Å²) < 4.78 is 0. The minimum Gasteiger partial charge on any atom is -0.507 e. The number of H-pyrrole nitrogens is 1. The second-order valence-corrected chi connectivity index (χ2v) is 3.23. The Bertz CT molecular complexity index is 431. The van der Waals surface area contributed by atoms with Gasteiger partial charge in [0.05, 0.1) is 0 Å². The standard InChI is InChI=1S/C10H12N2O/c1-6(11)7-2-3-9-8(10(7)13)4-5-12-9/h2-6,12-13H,11H2,1H3/t6-/m1/s1. The van der Waals surface area contributed by atoms with Crippen LogP contribution in [0, 0.1) is 0 Å². The highest BCUT2D eigenvalue weighted by atomic mass is 16.3. The predicted molar refractivity (Wildman–Crippen MR) is 52.6 cm³/mol. The minimum atomic E-state index is -0.140.